The summed E-state index contributed by atoms with van der Waals surface area (Å²) in [4.78, 5) is 0. The van der Waals surface area contributed by atoms with Crippen LogP contribution in [0.2, 0.25) is 0 Å². The third kappa shape index (κ3) is 27.4. The van der Waals surface area contributed by atoms with E-state index in [9.17, 15) is 0 Å². The minimum absolute atomic E-state index is 0. The molecule has 0 spiro atoms. The fourth-order valence-electron chi connectivity index (χ4n) is 1.52. The molecule has 0 amide bonds. The van der Waals surface area contributed by atoms with Gasteiger partial charge in [0.05, 0.1) is 0 Å². The summed E-state index contributed by atoms with van der Waals surface area (Å²) in [5.74, 6) is 0. The maximum absolute atomic E-state index is 5.20. The Kier molecular flexibility index (Phi) is 22.8. The SMILES string of the molecule is CCOCC[N-]C(C)CC(C)[N-]C.CC[N-]C[N-]C(C)(C)C.[Co]. The molecule has 0 aromatic heterocycles. The van der Waals surface area contributed by atoms with E-state index >= 15 is 0 Å². The molecule has 0 aromatic carbocycles. The Morgan fingerprint density at radius 2 is 1.65 bits per heavy atom. The van der Waals surface area contributed by atoms with Crippen molar-refractivity contribution in [3.8, 4) is 0 Å². The normalized spacial score (nSPS) is 13.6. The minimum Gasteiger partial charge on any atom is -0.681 e. The molecule has 2 atom stereocenters. The zero-order valence-electron chi connectivity index (χ0n) is 16.4. The average Bonchev–Trinajstić information content (AvgIpc) is 2.43. The molecule has 23 heavy (non-hydrogen) atoms. The molecule has 0 aliphatic carbocycles. The van der Waals surface area contributed by atoms with Crippen molar-refractivity contribution in [2.75, 3.05) is 40.0 Å². The van der Waals surface area contributed by atoms with Crippen LogP contribution in [-0.2, 0) is 21.5 Å². The smallest absolute Gasteiger partial charge is 0.0436 e. The second-order valence-electron chi connectivity index (χ2n) is 6.31. The van der Waals surface area contributed by atoms with Crippen molar-refractivity contribution in [1.29, 1.82) is 0 Å². The molecule has 0 bridgehead atoms. The number of rotatable bonds is 11. The van der Waals surface area contributed by atoms with Gasteiger partial charge in [-0.15, -0.1) is 24.2 Å². The van der Waals surface area contributed by atoms with Gasteiger partial charge in [0.2, 0.25) is 0 Å². The Labute approximate surface area is 155 Å². The van der Waals surface area contributed by atoms with Crippen LogP contribution in [-0.4, -0.2) is 57.6 Å². The standard InChI is InChI=1S/C10H22N2O.C7H16N2.Co/c1-5-13-7-6-12-10(3)8-9(2)11-4;1-5-8-6-9-7(2,3)4;/h9-10H,5-8H2,1-4H3;5-6H2,1-4H3;/q2*-2;. The van der Waals surface area contributed by atoms with Gasteiger partial charge in [0.1, 0.15) is 0 Å². The van der Waals surface area contributed by atoms with Crippen molar-refractivity contribution in [3.63, 3.8) is 0 Å². The molecule has 0 N–H and O–H groups in total. The van der Waals surface area contributed by atoms with Crippen LogP contribution in [0.15, 0.2) is 0 Å². The van der Waals surface area contributed by atoms with E-state index in [0.29, 0.717) is 18.8 Å². The van der Waals surface area contributed by atoms with Gasteiger partial charge in [0, 0.05) is 30.0 Å². The number of hydrogen-bond acceptors (Lipinski definition) is 1. The number of nitrogens with zero attached hydrogens (tertiary/aromatic N) is 4. The summed E-state index contributed by atoms with van der Waals surface area (Å²) < 4.78 is 5.20. The van der Waals surface area contributed by atoms with Crippen molar-refractivity contribution in [3.05, 3.63) is 21.3 Å². The molecule has 0 heterocycles. The Bertz CT molecular complexity index is 225. The van der Waals surface area contributed by atoms with Gasteiger partial charge < -0.3 is 26.0 Å². The van der Waals surface area contributed by atoms with E-state index in [1.54, 1.807) is 0 Å². The van der Waals surface area contributed by atoms with Crippen molar-refractivity contribution < 1.29 is 21.5 Å². The second kappa shape index (κ2) is 18.6. The topological polar surface area (TPSA) is 65.6 Å². The molecule has 2 unspecified atom stereocenters. The average molecular weight is 373 g/mol. The summed E-state index contributed by atoms with van der Waals surface area (Å²) in [6, 6.07) is 0.824. The van der Waals surface area contributed by atoms with Crippen molar-refractivity contribution >= 4 is 0 Å². The molecule has 0 saturated heterocycles. The Balaban J connectivity index is -0.000000354. The molecule has 0 saturated carbocycles. The van der Waals surface area contributed by atoms with Gasteiger partial charge >= 0.3 is 0 Å². The fraction of sp³-hybridized carbons (Fsp3) is 1.00. The molecule has 1 radical (unpaired) electrons. The predicted octanol–water partition coefficient (Wildman–Crippen LogP) is 5.07. The van der Waals surface area contributed by atoms with Gasteiger partial charge in [-0.05, 0) is 6.92 Å². The van der Waals surface area contributed by atoms with Crippen LogP contribution in [0.3, 0.4) is 0 Å². The van der Waals surface area contributed by atoms with E-state index in [0.717, 1.165) is 32.7 Å². The zero-order valence-corrected chi connectivity index (χ0v) is 17.5. The van der Waals surface area contributed by atoms with Crippen LogP contribution >= 0.6 is 0 Å². The summed E-state index contributed by atoms with van der Waals surface area (Å²) in [5, 5.41) is 17.0. The zero-order chi connectivity index (χ0) is 17.4. The van der Waals surface area contributed by atoms with E-state index in [2.05, 4.69) is 55.9 Å². The van der Waals surface area contributed by atoms with Crippen LogP contribution in [0.25, 0.3) is 21.3 Å². The molecule has 5 nitrogen and oxygen atoms in total. The summed E-state index contributed by atoms with van der Waals surface area (Å²) in [6.07, 6.45) is 1.04. The van der Waals surface area contributed by atoms with Gasteiger partial charge in [0.15, 0.2) is 0 Å². The van der Waals surface area contributed by atoms with Gasteiger partial charge in [-0.1, -0.05) is 48.0 Å². The van der Waals surface area contributed by atoms with Gasteiger partial charge in [0.25, 0.3) is 0 Å². The Hall–Kier alpha value is 0.306. The van der Waals surface area contributed by atoms with Gasteiger partial charge in [-0.2, -0.15) is 13.6 Å². The molecule has 0 rings (SSSR count). The second-order valence-corrected chi connectivity index (χ2v) is 6.31. The monoisotopic (exact) mass is 373 g/mol. The van der Waals surface area contributed by atoms with Crippen LogP contribution in [0.4, 0.5) is 0 Å². The summed E-state index contributed by atoms with van der Waals surface area (Å²) >= 11 is 0. The summed E-state index contributed by atoms with van der Waals surface area (Å²) in [5.41, 5.74) is 0.0820. The molecule has 0 aliphatic heterocycles. The summed E-state index contributed by atoms with van der Waals surface area (Å²) in [7, 11) is 1.86. The third-order valence-electron chi connectivity index (χ3n) is 2.87. The van der Waals surface area contributed by atoms with Crippen LogP contribution < -0.4 is 0 Å². The Morgan fingerprint density at radius 1 is 1.04 bits per heavy atom. The van der Waals surface area contributed by atoms with Crippen LogP contribution in [0, 0.1) is 0 Å². The summed E-state index contributed by atoms with van der Waals surface area (Å²) in [6.45, 7) is 18.4. The first-order valence-electron chi connectivity index (χ1n) is 8.41. The quantitative estimate of drug-likeness (QED) is 0.466. The van der Waals surface area contributed by atoms with E-state index in [1.165, 1.54) is 0 Å². The predicted molar refractivity (Wildman–Crippen MR) is 99.4 cm³/mol. The fourth-order valence-corrected chi connectivity index (χ4v) is 1.52. The van der Waals surface area contributed by atoms with E-state index in [1.807, 2.05) is 20.9 Å². The van der Waals surface area contributed by atoms with Crippen molar-refractivity contribution in [2.24, 2.45) is 0 Å². The first kappa shape index (κ1) is 28.1. The maximum Gasteiger partial charge on any atom is 0.0436 e. The van der Waals surface area contributed by atoms with Crippen LogP contribution in [0.5, 0.6) is 0 Å². The molecular formula is C17H38CoN4O-4. The van der Waals surface area contributed by atoms with Crippen LogP contribution in [0.1, 0.15) is 54.9 Å². The third-order valence-corrected chi connectivity index (χ3v) is 2.87. The molecule has 0 aromatic rings. The Morgan fingerprint density at radius 3 is 2.09 bits per heavy atom. The van der Waals surface area contributed by atoms with Crippen molar-refractivity contribution in [2.45, 2.75) is 72.5 Å². The molecule has 0 aliphatic rings. The molecule has 145 valence electrons. The van der Waals surface area contributed by atoms with Crippen molar-refractivity contribution in [1.82, 2.24) is 0 Å². The first-order valence-corrected chi connectivity index (χ1v) is 8.41. The largest absolute Gasteiger partial charge is 0.681 e. The van der Waals surface area contributed by atoms with Gasteiger partial charge in [-0.3, -0.25) is 6.67 Å². The number of hydrogen-bond donors (Lipinski definition) is 0. The molecular weight excluding hydrogens is 335 g/mol. The maximum atomic E-state index is 5.20. The molecule has 6 heteroatoms. The van der Waals surface area contributed by atoms with E-state index < -0.39 is 0 Å². The van der Waals surface area contributed by atoms with E-state index in [4.69, 9.17) is 4.74 Å². The van der Waals surface area contributed by atoms with E-state index in [-0.39, 0.29) is 22.3 Å². The molecule has 0 fully saturated rings. The first-order chi connectivity index (χ1) is 10.3. The minimum atomic E-state index is 0. The number of ether oxygens (including phenoxy) is 1. The van der Waals surface area contributed by atoms with Gasteiger partial charge in [-0.25, -0.2) is 0 Å².